The van der Waals surface area contributed by atoms with Gasteiger partial charge < -0.3 is 10.6 Å². The number of carbonyl (C=O) groups is 1. The summed E-state index contributed by atoms with van der Waals surface area (Å²) in [5.41, 5.74) is 10.9. The standard InChI is InChI=1S/C21H27N5O/c1-14-17(10-11-20(27)25-12-6-5-7-16(25)13-22)15(2)26-21(23-14)18-8-3-4-9-19(18)24-26/h3-4,8-9,16H,5-7,10-13,22H2,1-2H3. The number of nitrogens with two attached hydrogens (primary N) is 1. The van der Waals surface area contributed by atoms with Gasteiger partial charge >= 0.3 is 0 Å². The summed E-state index contributed by atoms with van der Waals surface area (Å²) in [4.78, 5) is 19.6. The molecule has 0 spiro atoms. The van der Waals surface area contributed by atoms with E-state index in [0.29, 0.717) is 19.4 Å². The van der Waals surface area contributed by atoms with E-state index >= 15 is 0 Å². The summed E-state index contributed by atoms with van der Waals surface area (Å²) in [5, 5.41) is 5.76. The molecule has 142 valence electrons. The Hall–Kier alpha value is -2.47. The number of nitrogens with zero attached hydrogens (tertiary/aromatic N) is 4. The normalized spacial score (nSPS) is 17.7. The molecule has 6 nitrogen and oxygen atoms in total. The number of hydrogen-bond donors (Lipinski definition) is 1. The van der Waals surface area contributed by atoms with Crippen LogP contribution in [0.15, 0.2) is 24.3 Å². The van der Waals surface area contributed by atoms with Crippen LogP contribution in [0.25, 0.3) is 16.6 Å². The second-order valence-corrected chi connectivity index (χ2v) is 7.49. The Balaban J connectivity index is 1.60. The summed E-state index contributed by atoms with van der Waals surface area (Å²) in [6, 6.07) is 8.25. The lowest BCUT2D eigenvalue weighted by Gasteiger charge is -2.35. The van der Waals surface area contributed by atoms with E-state index in [4.69, 9.17) is 15.8 Å². The highest BCUT2D eigenvalue weighted by atomic mass is 16.2. The van der Waals surface area contributed by atoms with E-state index in [1.54, 1.807) is 0 Å². The van der Waals surface area contributed by atoms with Crippen molar-refractivity contribution in [1.82, 2.24) is 19.5 Å². The molecule has 1 amide bonds. The molecular weight excluding hydrogens is 338 g/mol. The third kappa shape index (κ3) is 3.18. The van der Waals surface area contributed by atoms with Gasteiger partial charge in [-0.3, -0.25) is 4.79 Å². The molecule has 0 aliphatic carbocycles. The van der Waals surface area contributed by atoms with Crippen LogP contribution in [-0.4, -0.2) is 44.5 Å². The van der Waals surface area contributed by atoms with Gasteiger partial charge in [-0.15, -0.1) is 0 Å². The second kappa shape index (κ2) is 7.27. The number of amides is 1. The van der Waals surface area contributed by atoms with E-state index in [-0.39, 0.29) is 11.9 Å². The van der Waals surface area contributed by atoms with E-state index in [9.17, 15) is 4.79 Å². The number of aryl methyl sites for hydroxylation is 2. The predicted molar refractivity (Wildman–Crippen MR) is 107 cm³/mol. The monoisotopic (exact) mass is 365 g/mol. The molecule has 1 fully saturated rings. The molecule has 3 heterocycles. The summed E-state index contributed by atoms with van der Waals surface area (Å²) in [6.07, 6.45) is 4.44. The van der Waals surface area contributed by atoms with Gasteiger partial charge in [0.15, 0.2) is 5.65 Å². The SMILES string of the molecule is Cc1nc2c3ccccc3nn2c(C)c1CCC(=O)N1CCCCC1CN. The Labute approximate surface area is 159 Å². The molecule has 1 unspecified atom stereocenters. The van der Waals surface area contributed by atoms with Gasteiger partial charge in [0.05, 0.1) is 5.52 Å². The number of likely N-dealkylation sites (tertiary alicyclic amines) is 1. The van der Waals surface area contributed by atoms with Gasteiger partial charge in [0, 0.05) is 42.3 Å². The first kappa shape index (κ1) is 17.9. The Morgan fingerprint density at radius 1 is 1.26 bits per heavy atom. The largest absolute Gasteiger partial charge is 0.338 e. The van der Waals surface area contributed by atoms with Crippen molar-refractivity contribution in [3.05, 3.63) is 41.2 Å². The number of fused-ring (bicyclic) bond motifs is 3. The quantitative estimate of drug-likeness (QED) is 0.771. The van der Waals surface area contributed by atoms with Gasteiger partial charge in [0.1, 0.15) is 0 Å². The molecule has 27 heavy (non-hydrogen) atoms. The van der Waals surface area contributed by atoms with Crippen molar-refractivity contribution in [3.63, 3.8) is 0 Å². The van der Waals surface area contributed by atoms with Gasteiger partial charge in [-0.2, -0.15) is 5.10 Å². The summed E-state index contributed by atoms with van der Waals surface area (Å²) >= 11 is 0. The zero-order valence-corrected chi connectivity index (χ0v) is 16.1. The molecule has 0 saturated carbocycles. The molecule has 1 saturated heterocycles. The molecule has 1 atom stereocenters. The minimum atomic E-state index is 0.200. The lowest BCUT2D eigenvalue weighted by atomic mass is 10.0. The maximum absolute atomic E-state index is 12.8. The van der Waals surface area contributed by atoms with Crippen LogP contribution in [0, 0.1) is 13.8 Å². The topological polar surface area (TPSA) is 76.5 Å². The third-order valence-corrected chi connectivity index (χ3v) is 5.83. The van der Waals surface area contributed by atoms with Gasteiger partial charge in [0.2, 0.25) is 5.91 Å². The van der Waals surface area contributed by atoms with Crippen molar-refractivity contribution in [2.24, 2.45) is 5.73 Å². The molecule has 0 bridgehead atoms. The lowest BCUT2D eigenvalue weighted by Crippen LogP contribution is -2.47. The van der Waals surface area contributed by atoms with Crippen molar-refractivity contribution in [1.29, 1.82) is 0 Å². The summed E-state index contributed by atoms with van der Waals surface area (Å²) in [5.74, 6) is 0.203. The van der Waals surface area contributed by atoms with Gasteiger partial charge in [0.25, 0.3) is 0 Å². The Morgan fingerprint density at radius 3 is 2.89 bits per heavy atom. The number of aromatic nitrogens is 3. The zero-order valence-electron chi connectivity index (χ0n) is 16.1. The van der Waals surface area contributed by atoms with Crippen molar-refractivity contribution in [2.75, 3.05) is 13.1 Å². The Bertz CT molecular complexity index is 993. The summed E-state index contributed by atoms with van der Waals surface area (Å²) in [7, 11) is 0. The van der Waals surface area contributed by atoms with Crippen LogP contribution in [0.2, 0.25) is 0 Å². The average molecular weight is 365 g/mol. The molecule has 2 aromatic heterocycles. The van der Waals surface area contributed by atoms with E-state index < -0.39 is 0 Å². The highest BCUT2D eigenvalue weighted by Crippen LogP contribution is 2.24. The molecule has 6 heteroatoms. The Morgan fingerprint density at radius 2 is 2.07 bits per heavy atom. The van der Waals surface area contributed by atoms with Crippen molar-refractivity contribution < 1.29 is 4.79 Å². The summed E-state index contributed by atoms with van der Waals surface area (Å²) in [6.45, 7) is 5.48. The van der Waals surface area contributed by atoms with Crippen LogP contribution in [0.5, 0.6) is 0 Å². The van der Waals surface area contributed by atoms with E-state index in [1.807, 2.05) is 34.5 Å². The second-order valence-electron chi connectivity index (χ2n) is 7.49. The smallest absolute Gasteiger partial charge is 0.223 e. The molecular formula is C21H27N5O. The number of rotatable bonds is 4. The van der Waals surface area contributed by atoms with E-state index in [2.05, 4.69) is 13.0 Å². The van der Waals surface area contributed by atoms with Gasteiger partial charge in [-0.05, 0) is 57.2 Å². The summed E-state index contributed by atoms with van der Waals surface area (Å²) < 4.78 is 1.92. The first-order valence-corrected chi connectivity index (χ1v) is 9.83. The van der Waals surface area contributed by atoms with Crippen molar-refractivity contribution in [3.8, 4) is 0 Å². The maximum atomic E-state index is 12.8. The average Bonchev–Trinajstić information content (AvgIpc) is 3.06. The molecule has 1 aromatic carbocycles. The predicted octanol–water partition coefficient (Wildman–Crippen LogP) is 2.77. The van der Waals surface area contributed by atoms with Crippen LogP contribution >= 0.6 is 0 Å². The Kier molecular flexibility index (Phi) is 4.83. The first-order valence-electron chi connectivity index (χ1n) is 9.83. The number of piperidine rings is 1. The fourth-order valence-electron chi connectivity index (χ4n) is 4.29. The number of benzene rings is 1. The third-order valence-electron chi connectivity index (χ3n) is 5.83. The lowest BCUT2D eigenvalue weighted by molar-refractivity contribution is -0.134. The molecule has 3 aromatic rings. The minimum absolute atomic E-state index is 0.200. The van der Waals surface area contributed by atoms with Crippen molar-refractivity contribution >= 4 is 22.5 Å². The van der Waals surface area contributed by atoms with Crippen LogP contribution in [0.3, 0.4) is 0 Å². The fourth-order valence-corrected chi connectivity index (χ4v) is 4.29. The van der Waals surface area contributed by atoms with Crippen LogP contribution in [0.1, 0.15) is 42.6 Å². The highest BCUT2D eigenvalue weighted by Gasteiger charge is 2.25. The van der Waals surface area contributed by atoms with Gasteiger partial charge in [-0.1, -0.05) is 12.1 Å². The molecule has 0 radical (unpaired) electrons. The molecule has 4 rings (SSSR count). The molecule has 1 aliphatic rings. The molecule has 1 aliphatic heterocycles. The van der Waals surface area contributed by atoms with Crippen LogP contribution < -0.4 is 5.73 Å². The fraction of sp³-hybridized carbons (Fsp3) is 0.476. The maximum Gasteiger partial charge on any atom is 0.223 e. The zero-order chi connectivity index (χ0) is 19.0. The molecule has 2 N–H and O–H groups in total. The van der Waals surface area contributed by atoms with Crippen molar-refractivity contribution in [2.45, 2.75) is 52.0 Å². The van der Waals surface area contributed by atoms with Gasteiger partial charge in [-0.25, -0.2) is 9.50 Å². The number of hydrogen-bond acceptors (Lipinski definition) is 4. The van der Waals surface area contributed by atoms with E-state index in [1.165, 1.54) is 0 Å². The highest BCUT2D eigenvalue weighted by molar-refractivity contribution is 5.92. The van der Waals surface area contributed by atoms with Crippen LogP contribution in [-0.2, 0) is 11.2 Å². The first-order chi connectivity index (χ1) is 13.1. The minimum Gasteiger partial charge on any atom is -0.338 e. The van der Waals surface area contributed by atoms with Crippen LogP contribution in [0.4, 0.5) is 0 Å². The van der Waals surface area contributed by atoms with E-state index in [0.717, 1.165) is 59.3 Å². The number of carbonyl (C=O) groups excluding carboxylic acids is 1.